The molecule has 0 amide bonds. The van der Waals surface area contributed by atoms with E-state index in [0.29, 0.717) is 17.3 Å². The maximum Gasteiger partial charge on any atom is 0.268 e. The van der Waals surface area contributed by atoms with Crippen molar-refractivity contribution in [3.63, 3.8) is 0 Å². The van der Waals surface area contributed by atoms with Crippen LogP contribution < -0.4 is 0 Å². The first-order chi connectivity index (χ1) is 11.9. The lowest BCUT2D eigenvalue weighted by Gasteiger charge is -2.08. The first-order valence-electron chi connectivity index (χ1n) is 8.00. The summed E-state index contributed by atoms with van der Waals surface area (Å²) in [6.07, 6.45) is 3.13. The minimum absolute atomic E-state index is 0.0000657. The van der Waals surface area contributed by atoms with Crippen molar-refractivity contribution < 1.29 is 17.6 Å². The summed E-state index contributed by atoms with van der Waals surface area (Å²) in [5.74, 6) is -0.591. The highest BCUT2D eigenvalue weighted by Gasteiger charge is 2.40. The van der Waals surface area contributed by atoms with Crippen molar-refractivity contribution >= 4 is 27.2 Å². The number of aldehydes is 1. The molecule has 1 saturated carbocycles. The van der Waals surface area contributed by atoms with Crippen molar-refractivity contribution in [1.82, 2.24) is 3.97 Å². The Morgan fingerprint density at radius 3 is 2.52 bits per heavy atom. The molecule has 0 N–H and O–H groups in total. The van der Waals surface area contributed by atoms with E-state index in [9.17, 15) is 17.6 Å². The Kier molecular flexibility index (Phi) is 3.54. The van der Waals surface area contributed by atoms with E-state index in [1.54, 1.807) is 30.3 Å². The predicted octanol–water partition coefficient (Wildman–Crippen LogP) is 3.63. The Labute approximate surface area is 144 Å². The third kappa shape index (κ3) is 2.57. The molecule has 4 rings (SSSR count). The monoisotopic (exact) mass is 357 g/mol. The molecule has 0 saturated heterocycles. The molecule has 1 aromatic heterocycles. The largest absolute Gasteiger partial charge is 0.303 e. The number of halogens is 1. The van der Waals surface area contributed by atoms with E-state index in [4.69, 9.17) is 0 Å². The van der Waals surface area contributed by atoms with Gasteiger partial charge in [0.25, 0.3) is 10.0 Å². The summed E-state index contributed by atoms with van der Waals surface area (Å²) in [4.78, 5) is 11.2. The molecule has 25 heavy (non-hydrogen) atoms. The average Bonchev–Trinajstić information content (AvgIpc) is 3.27. The van der Waals surface area contributed by atoms with Crippen molar-refractivity contribution in [1.29, 1.82) is 0 Å². The van der Waals surface area contributed by atoms with E-state index < -0.39 is 15.8 Å². The van der Waals surface area contributed by atoms with Crippen molar-refractivity contribution in [2.75, 3.05) is 0 Å². The molecule has 128 valence electrons. The predicted molar refractivity (Wildman–Crippen MR) is 92.6 cm³/mol. The second-order valence-corrected chi connectivity index (χ2v) is 8.32. The van der Waals surface area contributed by atoms with Gasteiger partial charge in [-0.3, -0.25) is 0 Å². The van der Waals surface area contributed by atoms with Gasteiger partial charge in [0.05, 0.1) is 10.4 Å². The molecule has 0 aliphatic heterocycles. The first kappa shape index (κ1) is 16.0. The molecule has 2 atom stereocenters. The van der Waals surface area contributed by atoms with Crippen LogP contribution in [0, 0.1) is 18.7 Å². The third-order valence-electron chi connectivity index (χ3n) is 4.76. The fourth-order valence-electron chi connectivity index (χ4n) is 3.24. The molecule has 6 heteroatoms. The molecular formula is C19H16FNO3S. The van der Waals surface area contributed by atoms with Crippen LogP contribution in [0.15, 0.2) is 53.6 Å². The lowest BCUT2D eigenvalue weighted by atomic mass is 10.1. The number of aromatic nitrogens is 1. The molecule has 0 spiro atoms. The van der Waals surface area contributed by atoms with Crippen LogP contribution in [0.4, 0.5) is 4.39 Å². The van der Waals surface area contributed by atoms with Crippen LogP contribution >= 0.6 is 0 Å². The lowest BCUT2D eigenvalue weighted by Crippen LogP contribution is -2.12. The van der Waals surface area contributed by atoms with Crippen LogP contribution in [0.1, 0.15) is 23.5 Å². The van der Waals surface area contributed by atoms with Gasteiger partial charge in [-0.2, -0.15) is 0 Å². The molecule has 0 unspecified atom stereocenters. The number of nitrogens with zero attached hydrogens (tertiary/aromatic N) is 1. The first-order valence-corrected chi connectivity index (χ1v) is 9.44. The number of hydrogen-bond donors (Lipinski definition) is 0. The second-order valence-electron chi connectivity index (χ2n) is 6.50. The van der Waals surface area contributed by atoms with Crippen LogP contribution in [-0.2, 0) is 14.8 Å². The number of carbonyl (C=O) groups is 1. The fourth-order valence-corrected chi connectivity index (χ4v) is 4.61. The molecule has 4 nitrogen and oxygen atoms in total. The highest BCUT2D eigenvalue weighted by molar-refractivity contribution is 7.90. The normalized spacial score (nSPS) is 19.9. The Balaban J connectivity index is 1.93. The number of benzene rings is 2. The van der Waals surface area contributed by atoms with Gasteiger partial charge in [-0.15, -0.1) is 0 Å². The van der Waals surface area contributed by atoms with Crippen molar-refractivity contribution in [3.8, 4) is 0 Å². The number of aryl methyl sites for hydroxylation is 1. The summed E-state index contributed by atoms with van der Waals surface area (Å²) >= 11 is 0. The highest BCUT2D eigenvalue weighted by Crippen LogP contribution is 2.49. The van der Waals surface area contributed by atoms with Crippen LogP contribution in [-0.4, -0.2) is 18.7 Å². The van der Waals surface area contributed by atoms with Gasteiger partial charge in [-0.25, -0.2) is 16.8 Å². The number of rotatable bonds is 4. The molecule has 3 aromatic rings. The summed E-state index contributed by atoms with van der Waals surface area (Å²) in [6.45, 7) is 1.88. The number of fused-ring (bicyclic) bond motifs is 1. The Bertz CT molecular complexity index is 1080. The molecule has 1 aliphatic carbocycles. The van der Waals surface area contributed by atoms with Crippen molar-refractivity contribution in [2.45, 2.75) is 24.2 Å². The van der Waals surface area contributed by atoms with E-state index in [2.05, 4.69) is 0 Å². The zero-order valence-corrected chi connectivity index (χ0v) is 14.3. The molecular weight excluding hydrogens is 341 g/mol. The van der Waals surface area contributed by atoms with Gasteiger partial charge in [0.15, 0.2) is 0 Å². The summed E-state index contributed by atoms with van der Waals surface area (Å²) in [5, 5.41) is 0.673. The smallest absolute Gasteiger partial charge is 0.268 e. The summed E-state index contributed by atoms with van der Waals surface area (Å²) in [7, 11) is -3.85. The van der Waals surface area contributed by atoms with E-state index in [-0.39, 0.29) is 16.7 Å². The Morgan fingerprint density at radius 1 is 1.16 bits per heavy atom. The van der Waals surface area contributed by atoms with E-state index >= 15 is 0 Å². The zero-order chi connectivity index (χ0) is 17.8. The van der Waals surface area contributed by atoms with Crippen molar-refractivity contribution in [3.05, 3.63) is 65.6 Å². The zero-order valence-electron chi connectivity index (χ0n) is 13.5. The van der Waals surface area contributed by atoms with Gasteiger partial charge < -0.3 is 4.79 Å². The number of carbonyl (C=O) groups excluding carboxylic acids is 1. The minimum atomic E-state index is -3.85. The Morgan fingerprint density at radius 2 is 1.88 bits per heavy atom. The molecule has 0 bridgehead atoms. The average molecular weight is 357 g/mol. The minimum Gasteiger partial charge on any atom is -0.303 e. The van der Waals surface area contributed by atoms with Gasteiger partial charge >= 0.3 is 0 Å². The van der Waals surface area contributed by atoms with Gasteiger partial charge in [0.2, 0.25) is 0 Å². The van der Waals surface area contributed by atoms with Gasteiger partial charge in [-0.1, -0.05) is 17.7 Å². The van der Waals surface area contributed by atoms with E-state index in [1.807, 2.05) is 6.92 Å². The highest BCUT2D eigenvalue weighted by atomic mass is 32.2. The maximum absolute atomic E-state index is 13.8. The molecule has 0 radical (unpaired) electrons. The van der Waals surface area contributed by atoms with E-state index in [1.165, 1.54) is 18.3 Å². The molecule has 1 fully saturated rings. The van der Waals surface area contributed by atoms with Crippen LogP contribution in [0.5, 0.6) is 0 Å². The van der Waals surface area contributed by atoms with Crippen LogP contribution in [0.2, 0.25) is 0 Å². The quantitative estimate of drug-likeness (QED) is 0.670. The van der Waals surface area contributed by atoms with Crippen molar-refractivity contribution in [2.24, 2.45) is 5.92 Å². The number of hydrogen-bond acceptors (Lipinski definition) is 3. The van der Waals surface area contributed by atoms with E-state index in [0.717, 1.165) is 21.4 Å². The summed E-state index contributed by atoms with van der Waals surface area (Å²) in [6, 6.07) is 10.7. The molecule has 1 aliphatic rings. The SMILES string of the molecule is Cc1ccc(S(=O)(=O)n2cc([C@H]3C[C@@H]3C=O)c3ccc(F)cc32)cc1. The van der Waals surface area contributed by atoms with Gasteiger partial charge in [0, 0.05) is 17.5 Å². The van der Waals surface area contributed by atoms with Crippen LogP contribution in [0.25, 0.3) is 10.9 Å². The second kappa shape index (κ2) is 5.52. The third-order valence-corrected chi connectivity index (χ3v) is 6.44. The molecule has 1 heterocycles. The topological polar surface area (TPSA) is 56.1 Å². The maximum atomic E-state index is 13.8. The summed E-state index contributed by atoms with van der Waals surface area (Å²) in [5.41, 5.74) is 2.03. The van der Waals surface area contributed by atoms with Gasteiger partial charge in [0.1, 0.15) is 12.1 Å². The standard InChI is InChI=1S/C19H16FNO3S/c1-12-2-5-15(6-3-12)25(23,24)21-10-18(17-8-13(17)11-22)16-7-4-14(20)9-19(16)21/h2-7,9-11,13,17H,8H2,1H3/t13-,17+/m1/s1. The Hall–Kier alpha value is -2.47. The lowest BCUT2D eigenvalue weighted by molar-refractivity contribution is -0.108. The fraction of sp³-hybridized carbons (Fsp3) is 0.211. The van der Waals surface area contributed by atoms with Crippen LogP contribution in [0.3, 0.4) is 0 Å². The summed E-state index contributed by atoms with van der Waals surface area (Å²) < 4.78 is 41.0. The molecule has 2 aromatic carbocycles. The van der Waals surface area contributed by atoms with Gasteiger partial charge in [-0.05, 0) is 55.2 Å².